The number of epoxide rings is 4. The summed E-state index contributed by atoms with van der Waals surface area (Å²) in [4.78, 5) is 24.5. The Morgan fingerprint density at radius 2 is 1.23 bits per heavy atom. The molecule has 4 aliphatic heterocycles. The summed E-state index contributed by atoms with van der Waals surface area (Å²) in [5.41, 5.74) is 16.9. The Balaban J connectivity index is 1.71. The van der Waals surface area contributed by atoms with Gasteiger partial charge in [0.2, 0.25) is 11.8 Å². The lowest BCUT2D eigenvalue weighted by atomic mass is 9.81. The number of ether oxygens (including phenoxy) is 4. The van der Waals surface area contributed by atoms with Crippen LogP contribution in [0.15, 0.2) is 11.6 Å². The second-order valence-electron chi connectivity index (χ2n) is 8.89. The van der Waals surface area contributed by atoms with E-state index in [1.165, 1.54) is 5.56 Å². The lowest BCUT2D eigenvalue weighted by Crippen LogP contribution is -2.23. The molecule has 0 aromatic heterocycles. The zero-order valence-electron chi connectivity index (χ0n) is 17.6. The van der Waals surface area contributed by atoms with E-state index < -0.39 is 11.8 Å². The molecule has 0 aliphatic carbocycles. The first kappa shape index (κ1) is 20.6. The van der Waals surface area contributed by atoms with E-state index in [-0.39, 0.29) is 35.6 Å². The van der Waals surface area contributed by atoms with Gasteiger partial charge in [0.05, 0.1) is 56.4 Å². The predicted molar refractivity (Wildman–Crippen MR) is 111 cm³/mol. The summed E-state index contributed by atoms with van der Waals surface area (Å²) in [6.45, 7) is 4.45. The molecular weight excluding hydrogens is 400 g/mol. The molecule has 0 radical (unpaired) electrons. The van der Waals surface area contributed by atoms with E-state index in [9.17, 15) is 9.59 Å². The van der Waals surface area contributed by atoms with Gasteiger partial charge in [-0.3, -0.25) is 9.59 Å². The van der Waals surface area contributed by atoms with Crippen molar-refractivity contribution in [3.8, 4) is 0 Å². The molecule has 166 valence electrons. The minimum Gasteiger partial charge on any atom is -0.373 e. The van der Waals surface area contributed by atoms with Crippen LogP contribution < -0.4 is 11.5 Å². The fourth-order valence-electron chi connectivity index (χ4n) is 4.34. The van der Waals surface area contributed by atoms with Crippen LogP contribution >= 0.6 is 0 Å². The Kier molecular flexibility index (Phi) is 5.34. The fourth-order valence-corrected chi connectivity index (χ4v) is 4.34. The summed E-state index contributed by atoms with van der Waals surface area (Å²) in [5.74, 6) is -1.31. The normalized spacial score (nSPS) is 28.7. The number of carbonyl (C=O) groups excluding carboxylic acids is 2. The highest BCUT2D eigenvalue weighted by atomic mass is 16.6. The molecule has 0 bridgehead atoms. The molecule has 1 aromatic carbocycles. The standard InChI is InChI=1S/C23H28N2O6/c1-11(22(24)26)21(23(25)27)20-3-12(2-13-7-28-13)17(4-14-8-29-14)18(5-15-9-30-15)19(20)6-16-10-31-16/h3,13-16H,2,4-10H2,1H3,(H2,24,26)(H2,25,27)/b21-11-. The molecule has 8 heteroatoms. The van der Waals surface area contributed by atoms with Crippen molar-refractivity contribution in [1.82, 2.24) is 0 Å². The highest BCUT2D eigenvalue weighted by Crippen LogP contribution is 2.38. The first-order valence-electron chi connectivity index (χ1n) is 10.8. The molecular formula is C23H28N2O6. The summed E-state index contributed by atoms with van der Waals surface area (Å²) in [6, 6.07) is 2.01. The quantitative estimate of drug-likeness (QED) is 0.382. The Bertz CT molecular complexity index is 955. The molecule has 8 nitrogen and oxygen atoms in total. The summed E-state index contributed by atoms with van der Waals surface area (Å²) < 4.78 is 22.2. The molecule has 0 spiro atoms. The van der Waals surface area contributed by atoms with Crippen molar-refractivity contribution in [2.45, 2.75) is 57.0 Å². The summed E-state index contributed by atoms with van der Waals surface area (Å²) in [5, 5.41) is 0. The molecule has 4 atom stereocenters. The van der Waals surface area contributed by atoms with Crippen molar-refractivity contribution in [2.75, 3.05) is 26.4 Å². The van der Waals surface area contributed by atoms with E-state index in [0.717, 1.165) is 55.8 Å². The highest BCUT2D eigenvalue weighted by molar-refractivity contribution is 6.25. The lowest BCUT2D eigenvalue weighted by molar-refractivity contribution is -0.115. The van der Waals surface area contributed by atoms with Crippen LogP contribution in [0.25, 0.3) is 5.57 Å². The lowest BCUT2D eigenvalue weighted by Gasteiger charge is -2.23. The molecule has 4 fully saturated rings. The van der Waals surface area contributed by atoms with Gasteiger partial charge < -0.3 is 30.4 Å². The second-order valence-corrected chi connectivity index (χ2v) is 8.89. The predicted octanol–water partition coefficient (Wildman–Crippen LogP) is 0.196. The van der Waals surface area contributed by atoms with Gasteiger partial charge in [-0.25, -0.2) is 0 Å². The molecule has 4 N–H and O–H groups in total. The van der Waals surface area contributed by atoms with Gasteiger partial charge in [-0.1, -0.05) is 6.07 Å². The van der Waals surface area contributed by atoms with Gasteiger partial charge >= 0.3 is 0 Å². The van der Waals surface area contributed by atoms with Gasteiger partial charge in [-0.05, 0) is 34.7 Å². The summed E-state index contributed by atoms with van der Waals surface area (Å²) in [6.07, 6.45) is 3.61. The molecule has 4 saturated heterocycles. The SMILES string of the molecule is C/C(C(N)=O)=C(/C(N)=O)c1cc(CC2CO2)c(CC2CO2)c(CC2CO2)c1CC1CO1. The van der Waals surface area contributed by atoms with Crippen LogP contribution in [0.4, 0.5) is 0 Å². The van der Waals surface area contributed by atoms with Crippen molar-refractivity contribution in [2.24, 2.45) is 11.5 Å². The smallest absolute Gasteiger partial charge is 0.249 e. The van der Waals surface area contributed by atoms with Crippen molar-refractivity contribution >= 4 is 17.4 Å². The Morgan fingerprint density at radius 3 is 1.68 bits per heavy atom. The first-order chi connectivity index (χ1) is 14.9. The van der Waals surface area contributed by atoms with E-state index in [0.29, 0.717) is 18.6 Å². The number of nitrogens with two attached hydrogens (primary N) is 2. The number of hydrogen-bond acceptors (Lipinski definition) is 6. The zero-order valence-corrected chi connectivity index (χ0v) is 17.6. The molecule has 1 aromatic rings. The fraction of sp³-hybridized carbons (Fsp3) is 0.565. The van der Waals surface area contributed by atoms with Crippen LogP contribution in [-0.2, 0) is 54.2 Å². The van der Waals surface area contributed by atoms with E-state index in [1.54, 1.807) is 6.92 Å². The van der Waals surface area contributed by atoms with Gasteiger partial charge in [0.1, 0.15) is 0 Å². The van der Waals surface area contributed by atoms with Crippen LogP contribution in [0.5, 0.6) is 0 Å². The summed E-state index contributed by atoms with van der Waals surface area (Å²) >= 11 is 0. The van der Waals surface area contributed by atoms with E-state index in [2.05, 4.69) is 0 Å². The van der Waals surface area contributed by atoms with Crippen LogP contribution in [0.2, 0.25) is 0 Å². The maximum absolute atomic E-state index is 12.5. The average Bonchev–Trinajstić information content (AvgIpc) is 3.50. The second kappa shape index (κ2) is 8.02. The molecule has 2 amide bonds. The number of hydrogen-bond donors (Lipinski definition) is 2. The monoisotopic (exact) mass is 428 g/mol. The third-order valence-electron chi connectivity index (χ3n) is 6.37. The Labute approximate surface area is 180 Å². The summed E-state index contributed by atoms with van der Waals surface area (Å²) in [7, 11) is 0. The molecule has 0 saturated carbocycles. The van der Waals surface area contributed by atoms with Gasteiger partial charge in [0.15, 0.2) is 0 Å². The topological polar surface area (TPSA) is 136 Å². The molecule has 4 heterocycles. The molecule has 31 heavy (non-hydrogen) atoms. The third kappa shape index (κ3) is 4.82. The van der Waals surface area contributed by atoms with Gasteiger partial charge in [-0.2, -0.15) is 0 Å². The van der Waals surface area contributed by atoms with Crippen LogP contribution in [0, 0.1) is 0 Å². The van der Waals surface area contributed by atoms with Gasteiger partial charge in [-0.15, -0.1) is 0 Å². The number of amides is 2. The van der Waals surface area contributed by atoms with Crippen LogP contribution in [0.1, 0.15) is 34.7 Å². The van der Waals surface area contributed by atoms with Crippen LogP contribution in [0.3, 0.4) is 0 Å². The number of carbonyl (C=O) groups is 2. The zero-order chi connectivity index (χ0) is 21.7. The average molecular weight is 428 g/mol. The third-order valence-corrected chi connectivity index (χ3v) is 6.37. The minimum absolute atomic E-state index is 0.100. The van der Waals surface area contributed by atoms with Crippen molar-refractivity contribution < 1.29 is 28.5 Å². The van der Waals surface area contributed by atoms with E-state index in [1.807, 2.05) is 6.07 Å². The maximum atomic E-state index is 12.5. The minimum atomic E-state index is -0.658. The Hall–Kier alpha value is -2.26. The van der Waals surface area contributed by atoms with E-state index in [4.69, 9.17) is 30.4 Å². The number of benzene rings is 1. The van der Waals surface area contributed by atoms with E-state index >= 15 is 0 Å². The van der Waals surface area contributed by atoms with Gasteiger partial charge in [0, 0.05) is 31.3 Å². The molecule has 4 unspecified atom stereocenters. The van der Waals surface area contributed by atoms with Gasteiger partial charge in [0.25, 0.3) is 0 Å². The maximum Gasteiger partial charge on any atom is 0.249 e. The highest BCUT2D eigenvalue weighted by Gasteiger charge is 2.36. The van der Waals surface area contributed by atoms with Crippen molar-refractivity contribution in [1.29, 1.82) is 0 Å². The number of rotatable bonds is 11. The first-order valence-corrected chi connectivity index (χ1v) is 10.8. The molecule has 4 aliphatic rings. The van der Waals surface area contributed by atoms with Crippen LogP contribution in [-0.4, -0.2) is 62.7 Å². The van der Waals surface area contributed by atoms with Crippen molar-refractivity contribution in [3.63, 3.8) is 0 Å². The molecule has 5 rings (SSSR count). The Morgan fingerprint density at radius 1 is 0.774 bits per heavy atom. The number of primary amides is 2. The largest absolute Gasteiger partial charge is 0.373 e. The van der Waals surface area contributed by atoms with Crippen molar-refractivity contribution in [3.05, 3.63) is 39.5 Å².